The van der Waals surface area contributed by atoms with Crippen LogP contribution in [0, 0.1) is 6.92 Å². The van der Waals surface area contributed by atoms with Gasteiger partial charge in [-0.1, -0.05) is 6.92 Å². The third-order valence-corrected chi connectivity index (χ3v) is 4.45. The maximum absolute atomic E-state index is 12.4. The quantitative estimate of drug-likeness (QED) is 0.920. The van der Waals surface area contributed by atoms with Crippen molar-refractivity contribution < 1.29 is 4.79 Å². The second-order valence-electron chi connectivity index (χ2n) is 4.93. The van der Waals surface area contributed by atoms with E-state index in [4.69, 9.17) is 5.73 Å². The molecule has 0 spiro atoms. The lowest BCUT2D eigenvalue weighted by Gasteiger charge is -2.30. The van der Waals surface area contributed by atoms with E-state index >= 15 is 0 Å². The van der Waals surface area contributed by atoms with E-state index in [1.54, 1.807) is 11.3 Å². The predicted octanol–water partition coefficient (Wildman–Crippen LogP) is 2.81. The molecule has 1 atom stereocenters. The number of halogens is 2. The Kier molecular flexibility index (Phi) is 8.66. The molecule has 7 heteroatoms. The van der Waals surface area contributed by atoms with Gasteiger partial charge in [0.2, 0.25) is 0 Å². The van der Waals surface area contributed by atoms with Crippen LogP contribution in [0.15, 0.2) is 0 Å². The van der Waals surface area contributed by atoms with Gasteiger partial charge in [0, 0.05) is 19.1 Å². The number of hydrogen-bond acceptors (Lipinski definition) is 4. The minimum absolute atomic E-state index is 0. The fourth-order valence-corrected chi connectivity index (χ4v) is 3.44. The van der Waals surface area contributed by atoms with Crippen LogP contribution in [0.1, 0.15) is 46.6 Å². The van der Waals surface area contributed by atoms with Gasteiger partial charge in [-0.15, -0.1) is 36.2 Å². The van der Waals surface area contributed by atoms with Gasteiger partial charge < -0.3 is 10.6 Å². The molecule has 4 nitrogen and oxygen atoms in total. The van der Waals surface area contributed by atoms with Gasteiger partial charge in [-0.05, 0) is 32.6 Å². The highest BCUT2D eigenvalue weighted by Gasteiger charge is 2.25. The van der Waals surface area contributed by atoms with Crippen LogP contribution < -0.4 is 5.73 Å². The molecule has 1 aliphatic heterocycles. The largest absolute Gasteiger partial charge is 0.336 e. The van der Waals surface area contributed by atoms with Gasteiger partial charge in [0.05, 0.1) is 10.7 Å². The molecular formula is C13H23Cl2N3OS. The number of piperidine rings is 1. The Bertz CT molecular complexity index is 439. The average Bonchev–Trinajstić information content (AvgIpc) is 2.70. The lowest BCUT2D eigenvalue weighted by Crippen LogP contribution is -2.45. The second-order valence-corrected chi connectivity index (χ2v) is 6.01. The summed E-state index contributed by atoms with van der Waals surface area (Å²) in [7, 11) is 0. The smallest absolute Gasteiger partial charge is 0.265 e. The van der Waals surface area contributed by atoms with E-state index < -0.39 is 0 Å². The van der Waals surface area contributed by atoms with Gasteiger partial charge in [-0.25, -0.2) is 4.98 Å². The fraction of sp³-hybridized carbons (Fsp3) is 0.692. The number of thiazole rings is 1. The van der Waals surface area contributed by atoms with Crippen molar-refractivity contribution in [2.75, 3.05) is 13.1 Å². The Hall–Kier alpha value is -0.360. The average molecular weight is 340 g/mol. The van der Waals surface area contributed by atoms with E-state index in [2.05, 4.69) is 11.9 Å². The van der Waals surface area contributed by atoms with Gasteiger partial charge in [0.1, 0.15) is 4.88 Å². The normalized spacial score (nSPS) is 18.1. The van der Waals surface area contributed by atoms with Crippen molar-refractivity contribution in [3.05, 3.63) is 15.6 Å². The third kappa shape index (κ3) is 4.58. The summed E-state index contributed by atoms with van der Waals surface area (Å²) >= 11 is 1.54. The van der Waals surface area contributed by atoms with E-state index in [9.17, 15) is 4.79 Å². The maximum Gasteiger partial charge on any atom is 0.265 e. The fourth-order valence-electron chi connectivity index (χ4n) is 2.31. The molecule has 1 aromatic rings. The number of hydrogen-bond donors (Lipinski definition) is 1. The molecule has 1 aromatic heterocycles. The first-order valence-electron chi connectivity index (χ1n) is 6.63. The summed E-state index contributed by atoms with van der Waals surface area (Å²) < 4.78 is 0. The Morgan fingerprint density at radius 3 is 2.80 bits per heavy atom. The first-order valence-corrected chi connectivity index (χ1v) is 7.44. The summed E-state index contributed by atoms with van der Waals surface area (Å²) in [6, 6.07) is 0.131. The van der Waals surface area contributed by atoms with E-state index in [0.717, 1.165) is 47.8 Å². The molecule has 0 saturated carbocycles. The van der Waals surface area contributed by atoms with Crippen LogP contribution in [0.5, 0.6) is 0 Å². The van der Waals surface area contributed by atoms with Crippen molar-refractivity contribution in [3.8, 4) is 0 Å². The molecule has 1 amide bonds. The molecule has 2 N–H and O–H groups in total. The Morgan fingerprint density at radius 1 is 1.50 bits per heavy atom. The van der Waals surface area contributed by atoms with Crippen LogP contribution in [0.4, 0.5) is 0 Å². The second kappa shape index (κ2) is 8.82. The lowest BCUT2D eigenvalue weighted by atomic mass is 10.1. The molecule has 1 unspecified atom stereocenters. The first-order chi connectivity index (χ1) is 8.61. The van der Waals surface area contributed by atoms with Crippen LogP contribution in [0.25, 0.3) is 0 Å². The summed E-state index contributed by atoms with van der Waals surface area (Å²) in [5, 5.41) is 1.07. The van der Waals surface area contributed by atoms with Gasteiger partial charge in [0.25, 0.3) is 5.91 Å². The SMILES string of the molecule is CCCc1nc(C)c(C(=O)N2CCCC(N)C2)s1.Cl.Cl. The monoisotopic (exact) mass is 339 g/mol. The van der Waals surface area contributed by atoms with Crippen LogP contribution in [-0.4, -0.2) is 34.9 Å². The van der Waals surface area contributed by atoms with Crippen molar-refractivity contribution in [1.82, 2.24) is 9.88 Å². The molecule has 2 rings (SSSR count). The van der Waals surface area contributed by atoms with Crippen LogP contribution in [0.3, 0.4) is 0 Å². The number of amides is 1. The number of carbonyl (C=O) groups excluding carboxylic acids is 1. The topological polar surface area (TPSA) is 59.2 Å². The molecule has 2 heterocycles. The summed E-state index contributed by atoms with van der Waals surface area (Å²) in [6.45, 7) is 5.56. The highest BCUT2D eigenvalue weighted by atomic mass is 35.5. The van der Waals surface area contributed by atoms with Crippen molar-refractivity contribution in [2.45, 2.75) is 45.6 Å². The van der Waals surface area contributed by atoms with Gasteiger partial charge in [-0.3, -0.25) is 4.79 Å². The number of aryl methyl sites for hydroxylation is 2. The standard InChI is InChI=1S/C13H21N3OS.2ClH/c1-3-5-11-15-9(2)12(18-11)13(17)16-7-4-6-10(14)8-16;;/h10H,3-8,14H2,1-2H3;2*1H. The van der Waals surface area contributed by atoms with Crippen molar-refractivity contribution >= 4 is 42.1 Å². The van der Waals surface area contributed by atoms with Crippen LogP contribution in [0.2, 0.25) is 0 Å². The van der Waals surface area contributed by atoms with E-state index in [-0.39, 0.29) is 36.8 Å². The summed E-state index contributed by atoms with van der Waals surface area (Å²) in [6.07, 6.45) is 4.05. The molecule has 0 aromatic carbocycles. The van der Waals surface area contributed by atoms with Crippen LogP contribution in [-0.2, 0) is 6.42 Å². The molecule has 116 valence electrons. The summed E-state index contributed by atoms with van der Waals surface area (Å²) in [4.78, 5) is 19.6. The Morgan fingerprint density at radius 2 is 2.20 bits per heavy atom. The number of aromatic nitrogens is 1. The zero-order valence-electron chi connectivity index (χ0n) is 11.9. The van der Waals surface area contributed by atoms with Crippen molar-refractivity contribution in [3.63, 3.8) is 0 Å². The molecule has 1 saturated heterocycles. The number of carbonyl (C=O) groups is 1. The minimum atomic E-state index is 0. The van der Waals surface area contributed by atoms with E-state index in [1.165, 1.54) is 0 Å². The maximum atomic E-state index is 12.4. The minimum Gasteiger partial charge on any atom is -0.336 e. The third-order valence-electron chi connectivity index (χ3n) is 3.24. The molecular weight excluding hydrogens is 317 g/mol. The van der Waals surface area contributed by atoms with Crippen molar-refractivity contribution in [1.29, 1.82) is 0 Å². The molecule has 0 aliphatic carbocycles. The van der Waals surface area contributed by atoms with Crippen LogP contribution >= 0.6 is 36.2 Å². The van der Waals surface area contributed by atoms with E-state index in [1.807, 2.05) is 11.8 Å². The number of rotatable bonds is 3. The molecule has 0 bridgehead atoms. The molecule has 20 heavy (non-hydrogen) atoms. The number of nitrogens with zero attached hydrogens (tertiary/aromatic N) is 2. The van der Waals surface area contributed by atoms with Gasteiger partial charge in [0.15, 0.2) is 0 Å². The first kappa shape index (κ1) is 19.6. The summed E-state index contributed by atoms with van der Waals surface area (Å²) in [5.74, 6) is 0.113. The summed E-state index contributed by atoms with van der Waals surface area (Å²) in [5.41, 5.74) is 6.79. The molecule has 0 radical (unpaired) electrons. The number of nitrogens with two attached hydrogens (primary N) is 1. The Labute approximate surface area is 137 Å². The van der Waals surface area contributed by atoms with Gasteiger partial charge in [-0.2, -0.15) is 0 Å². The molecule has 1 fully saturated rings. The Balaban J connectivity index is 0.00000180. The predicted molar refractivity (Wildman–Crippen MR) is 88.5 cm³/mol. The zero-order valence-corrected chi connectivity index (χ0v) is 14.4. The number of likely N-dealkylation sites (tertiary alicyclic amines) is 1. The highest BCUT2D eigenvalue weighted by molar-refractivity contribution is 7.13. The van der Waals surface area contributed by atoms with Gasteiger partial charge >= 0.3 is 0 Å². The zero-order chi connectivity index (χ0) is 13.1. The molecule has 1 aliphatic rings. The van der Waals surface area contributed by atoms with Crippen molar-refractivity contribution in [2.24, 2.45) is 5.73 Å². The highest BCUT2D eigenvalue weighted by Crippen LogP contribution is 2.22. The lowest BCUT2D eigenvalue weighted by molar-refractivity contribution is 0.0713. The van der Waals surface area contributed by atoms with E-state index in [0.29, 0.717) is 6.54 Å².